The summed E-state index contributed by atoms with van der Waals surface area (Å²) in [7, 11) is 0. The number of para-hydroxylation sites is 1. The van der Waals surface area contributed by atoms with Gasteiger partial charge in [-0.15, -0.1) is 11.3 Å². The van der Waals surface area contributed by atoms with Crippen LogP contribution in [0.25, 0.3) is 10.9 Å². The minimum Gasteiger partial charge on any atom is -0.397 e. The van der Waals surface area contributed by atoms with Gasteiger partial charge in [-0.25, -0.2) is 4.98 Å². The summed E-state index contributed by atoms with van der Waals surface area (Å²) in [6.45, 7) is 4.27. The Hall–Kier alpha value is -2.14. The van der Waals surface area contributed by atoms with E-state index >= 15 is 0 Å². The lowest BCUT2D eigenvalue weighted by atomic mass is 10.1. The number of aryl methyl sites for hydroxylation is 1. The average Bonchev–Trinajstić information content (AvgIpc) is 2.97. The molecule has 0 fully saturated rings. The fourth-order valence-corrected chi connectivity index (χ4v) is 3.17. The third-order valence-corrected chi connectivity index (χ3v) is 4.79. The van der Waals surface area contributed by atoms with Crippen molar-refractivity contribution in [2.75, 3.05) is 11.1 Å². The van der Waals surface area contributed by atoms with Crippen molar-refractivity contribution in [3.8, 4) is 0 Å². The van der Waals surface area contributed by atoms with Crippen LogP contribution in [0.2, 0.25) is 0 Å². The van der Waals surface area contributed by atoms with Crippen LogP contribution in [0.4, 0.5) is 11.4 Å². The van der Waals surface area contributed by atoms with Gasteiger partial charge >= 0.3 is 0 Å². The Labute approximate surface area is 128 Å². The Balaban J connectivity index is 1.92. The van der Waals surface area contributed by atoms with Gasteiger partial charge in [0.2, 0.25) is 0 Å². The second-order valence-electron chi connectivity index (χ2n) is 4.99. The molecule has 108 valence electrons. The van der Waals surface area contributed by atoms with Gasteiger partial charge in [0.15, 0.2) is 0 Å². The monoisotopic (exact) mass is 298 g/mol. The molecule has 4 nitrogen and oxygen atoms in total. The number of anilines is 2. The number of aromatic nitrogens is 2. The normalized spacial score (nSPS) is 12.5. The molecule has 21 heavy (non-hydrogen) atoms. The Morgan fingerprint density at radius 1 is 1.29 bits per heavy atom. The maximum atomic E-state index is 5.99. The number of nitrogens with one attached hydrogen (secondary N) is 1. The minimum absolute atomic E-state index is 0.155. The Morgan fingerprint density at radius 3 is 2.90 bits per heavy atom. The zero-order valence-electron chi connectivity index (χ0n) is 12.1. The van der Waals surface area contributed by atoms with E-state index in [4.69, 9.17) is 5.73 Å². The molecule has 2 aromatic heterocycles. The van der Waals surface area contributed by atoms with E-state index in [0.717, 1.165) is 28.0 Å². The van der Waals surface area contributed by atoms with Crippen LogP contribution < -0.4 is 11.1 Å². The van der Waals surface area contributed by atoms with E-state index in [1.54, 1.807) is 17.5 Å². The number of nitrogens with zero attached hydrogens (tertiary/aromatic N) is 2. The molecule has 0 radical (unpaired) electrons. The molecule has 3 N–H and O–H groups in total. The van der Waals surface area contributed by atoms with Gasteiger partial charge in [0.25, 0.3) is 0 Å². The quantitative estimate of drug-likeness (QED) is 0.714. The van der Waals surface area contributed by atoms with Gasteiger partial charge in [0.1, 0.15) is 5.01 Å². The molecular formula is C16H18N4S. The second kappa shape index (κ2) is 5.69. The van der Waals surface area contributed by atoms with E-state index in [-0.39, 0.29) is 6.04 Å². The first-order valence-electron chi connectivity index (χ1n) is 7.03. The molecule has 3 aromatic rings. The molecule has 0 aliphatic heterocycles. The molecule has 0 amide bonds. The molecule has 2 heterocycles. The number of hydrogen-bond donors (Lipinski definition) is 2. The molecule has 5 heteroatoms. The summed E-state index contributed by atoms with van der Waals surface area (Å²) >= 11 is 1.75. The van der Waals surface area contributed by atoms with Gasteiger partial charge in [-0.3, -0.25) is 4.98 Å². The summed E-state index contributed by atoms with van der Waals surface area (Å²) in [5.74, 6) is 0. The summed E-state index contributed by atoms with van der Waals surface area (Å²) in [6, 6.07) is 7.99. The summed E-state index contributed by atoms with van der Waals surface area (Å²) < 4.78 is 0. The molecule has 0 bridgehead atoms. The largest absolute Gasteiger partial charge is 0.397 e. The van der Waals surface area contributed by atoms with Crippen LogP contribution in [0, 0.1) is 0 Å². The van der Waals surface area contributed by atoms with Crippen molar-refractivity contribution in [2.24, 2.45) is 0 Å². The summed E-state index contributed by atoms with van der Waals surface area (Å²) in [5, 5.41) is 5.65. The molecule has 1 unspecified atom stereocenters. The first kappa shape index (κ1) is 13.8. The van der Waals surface area contributed by atoms with Crippen LogP contribution in [0.1, 0.15) is 29.8 Å². The van der Waals surface area contributed by atoms with Gasteiger partial charge < -0.3 is 11.1 Å². The van der Waals surface area contributed by atoms with Crippen molar-refractivity contribution in [3.05, 3.63) is 46.5 Å². The SMILES string of the molecule is CCc1cnc(C(C)Nc2ccnc3c(N)cccc23)s1. The molecule has 1 atom stereocenters. The van der Waals surface area contributed by atoms with E-state index in [1.807, 2.05) is 30.5 Å². The third kappa shape index (κ3) is 2.69. The fraction of sp³-hybridized carbons (Fsp3) is 0.250. The number of pyridine rings is 1. The van der Waals surface area contributed by atoms with E-state index in [1.165, 1.54) is 4.88 Å². The van der Waals surface area contributed by atoms with E-state index in [2.05, 4.69) is 29.1 Å². The van der Waals surface area contributed by atoms with Crippen molar-refractivity contribution in [1.29, 1.82) is 0 Å². The molecule has 0 aliphatic rings. The van der Waals surface area contributed by atoms with Crippen LogP contribution in [0.3, 0.4) is 0 Å². The standard InChI is InChI=1S/C16H18N4S/c1-3-11-9-19-16(21-11)10(2)20-14-7-8-18-15-12(14)5-4-6-13(15)17/h4-10H,3,17H2,1-2H3,(H,18,20). The van der Waals surface area contributed by atoms with E-state index in [9.17, 15) is 0 Å². The maximum absolute atomic E-state index is 5.99. The molecule has 1 aromatic carbocycles. The molecule has 0 aliphatic carbocycles. The van der Waals surface area contributed by atoms with Crippen LogP contribution in [-0.4, -0.2) is 9.97 Å². The number of rotatable bonds is 4. The van der Waals surface area contributed by atoms with Gasteiger partial charge in [-0.1, -0.05) is 19.1 Å². The second-order valence-corrected chi connectivity index (χ2v) is 6.13. The topological polar surface area (TPSA) is 63.8 Å². The highest BCUT2D eigenvalue weighted by Gasteiger charge is 2.12. The molecule has 0 saturated heterocycles. The predicted octanol–water partition coefficient (Wildman–Crippen LogP) is 4.01. The highest BCUT2D eigenvalue weighted by molar-refractivity contribution is 7.11. The number of fused-ring (bicyclic) bond motifs is 1. The maximum Gasteiger partial charge on any atom is 0.115 e. The lowest BCUT2D eigenvalue weighted by Gasteiger charge is -2.15. The lowest BCUT2D eigenvalue weighted by Crippen LogP contribution is -2.07. The van der Waals surface area contributed by atoms with E-state index < -0.39 is 0 Å². The summed E-state index contributed by atoms with van der Waals surface area (Å²) in [6.07, 6.45) is 4.77. The number of thiazole rings is 1. The number of benzene rings is 1. The van der Waals surface area contributed by atoms with Crippen LogP contribution >= 0.6 is 11.3 Å². The molecular weight excluding hydrogens is 280 g/mol. The summed E-state index contributed by atoms with van der Waals surface area (Å²) in [5.41, 5.74) is 8.56. The lowest BCUT2D eigenvalue weighted by molar-refractivity contribution is 0.871. The first-order valence-corrected chi connectivity index (χ1v) is 7.85. The van der Waals surface area contributed by atoms with Crippen molar-refractivity contribution in [3.63, 3.8) is 0 Å². The van der Waals surface area contributed by atoms with Crippen LogP contribution in [0.15, 0.2) is 36.7 Å². The smallest absolute Gasteiger partial charge is 0.115 e. The highest BCUT2D eigenvalue weighted by Crippen LogP contribution is 2.29. The highest BCUT2D eigenvalue weighted by atomic mass is 32.1. The van der Waals surface area contributed by atoms with Gasteiger partial charge in [-0.2, -0.15) is 0 Å². The van der Waals surface area contributed by atoms with E-state index in [0.29, 0.717) is 5.69 Å². The van der Waals surface area contributed by atoms with Crippen LogP contribution in [0.5, 0.6) is 0 Å². The van der Waals surface area contributed by atoms with Gasteiger partial charge in [0, 0.05) is 28.3 Å². The Bertz CT molecular complexity index is 766. The van der Waals surface area contributed by atoms with Crippen molar-refractivity contribution in [1.82, 2.24) is 9.97 Å². The zero-order valence-corrected chi connectivity index (χ0v) is 12.9. The number of nitrogens with two attached hydrogens (primary N) is 1. The Morgan fingerprint density at radius 2 is 2.14 bits per heavy atom. The third-order valence-electron chi connectivity index (χ3n) is 3.46. The van der Waals surface area contributed by atoms with Crippen LogP contribution in [-0.2, 0) is 6.42 Å². The van der Waals surface area contributed by atoms with Gasteiger partial charge in [0.05, 0.1) is 17.2 Å². The summed E-state index contributed by atoms with van der Waals surface area (Å²) in [4.78, 5) is 10.2. The predicted molar refractivity (Wildman–Crippen MR) is 89.7 cm³/mol. The minimum atomic E-state index is 0.155. The average molecular weight is 298 g/mol. The van der Waals surface area contributed by atoms with Crippen molar-refractivity contribution < 1.29 is 0 Å². The van der Waals surface area contributed by atoms with Crippen molar-refractivity contribution in [2.45, 2.75) is 26.3 Å². The Kier molecular flexibility index (Phi) is 3.75. The number of hydrogen-bond acceptors (Lipinski definition) is 5. The fourth-order valence-electron chi connectivity index (χ4n) is 2.31. The van der Waals surface area contributed by atoms with Crippen molar-refractivity contribution >= 4 is 33.6 Å². The zero-order chi connectivity index (χ0) is 14.8. The molecule has 3 rings (SSSR count). The number of nitrogen functional groups attached to an aromatic ring is 1. The van der Waals surface area contributed by atoms with Gasteiger partial charge in [-0.05, 0) is 25.5 Å². The molecule has 0 saturated carbocycles. The molecule has 0 spiro atoms. The first-order chi connectivity index (χ1) is 10.2.